The van der Waals surface area contributed by atoms with E-state index in [1.54, 1.807) is 6.26 Å². The predicted molar refractivity (Wildman–Crippen MR) is 75.1 cm³/mol. The van der Waals surface area contributed by atoms with Crippen LogP contribution in [0.15, 0.2) is 21.2 Å². The van der Waals surface area contributed by atoms with E-state index < -0.39 is 6.10 Å². The average Bonchev–Trinajstić information content (AvgIpc) is 2.84. The Morgan fingerprint density at radius 2 is 2.44 bits per heavy atom. The summed E-state index contributed by atoms with van der Waals surface area (Å²) in [4.78, 5) is 0. The number of hydrogen-bond acceptors (Lipinski definition) is 3. The Morgan fingerprint density at radius 3 is 3.00 bits per heavy atom. The lowest BCUT2D eigenvalue weighted by Crippen LogP contribution is -2.41. The summed E-state index contributed by atoms with van der Waals surface area (Å²) < 4.78 is 6.26. The molecular formula is C14H22BrNO2. The molecule has 0 radical (unpaired) electrons. The van der Waals surface area contributed by atoms with E-state index in [-0.39, 0.29) is 5.41 Å². The van der Waals surface area contributed by atoms with E-state index in [2.05, 4.69) is 22.9 Å². The van der Waals surface area contributed by atoms with Crippen LogP contribution in [-0.2, 0) is 0 Å². The normalized spacial score (nSPS) is 30.3. The molecule has 102 valence electrons. The van der Waals surface area contributed by atoms with E-state index in [0.717, 1.165) is 30.2 Å². The number of aliphatic hydroxyl groups is 1. The molecule has 2 rings (SSSR count). The topological polar surface area (TPSA) is 59.4 Å². The minimum atomic E-state index is -0.610. The average molecular weight is 316 g/mol. The quantitative estimate of drug-likeness (QED) is 0.892. The third-order valence-corrected chi connectivity index (χ3v) is 5.09. The molecule has 1 fully saturated rings. The van der Waals surface area contributed by atoms with Gasteiger partial charge in [-0.15, -0.1) is 0 Å². The van der Waals surface area contributed by atoms with Crippen molar-refractivity contribution in [2.24, 2.45) is 17.1 Å². The van der Waals surface area contributed by atoms with Gasteiger partial charge in [0, 0.05) is 12.0 Å². The number of rotatable bonds is 4. The van der Waals surface area contributed by atoms with Gasteiger partial charge in [0.2, 0.25) is 0 Å². The molecule has 1 saturated carbocycles. The van der Waals surface area contributed by atoms with Crippen molar-refractivity contribution in [2.75, 3.05) is 6.54 Å². The molecular weight excluding hydrogens is 294 g/mol. The fraction of sp³-hybridized carbons (Fsp3) is 0.714. The van der Waals surface area contributed by atoms with Crippen LogP contribution in [0.1, 0.15) is 50.9 Å². The minimum absolute atomic E-state index is 0.223. The van der Waals surface area contributed by atoms with Crippen LogP contribution in [-0.4, -0.2) is 11.7 Å². The Morgan fingerprint density at radius 1 is 1.67 bits per heavy atom. The van der Waals surface area contributed by atoms with Gasteiger partial charge in [0.1, 0.15) is 11.9 Å². The molecule has 1 aliphatic rings. The number of aliphatic hydroxyl groups excluding tert-OH is 1. The maximum atomic E-state index is 10.7. The summed E-state index contributed by atoms with van der Waals surface area (Å²) in [6, 6.07) is 1.82. The molecule has 0 spiro atoms. The van der Waals surface area contributed by atoms with Gasteiger partial charge < -0.3 is 15.3 Å². The second kappa shape index (κ2) is 5.76. The molecule has 4 heteroatoms. The van der Waals surface area contributed by atoms with E-state index in [1.807, 2.05) is 6.07 Å². The number of hydrogen-bond donors (Lipinski definition) is 2. The fourth-order valence-corrected chi connectivity index (χ4v) is 3.61. The maximum Gasteiger partial charge on any atom is 0.147 e. The molecule has 18 heavy (non-hydrogen) atoms. The first kappa shape index (κ1) is 14.1. The van der Waals surface area contributed by atoms with Crippen LogP contribution < -0.4 is 5.73 Å². The standard InChI is InChI=1S/C14H22BrNO2/c1-2-10-4-3-6-14(8-10,9-16)13(17)12-11(15)5-7-18-12/h5,7,10,13,17H,2-4,6,8-9,16H2,1H3. The largest absolute Gasteiger partial charge is 0.465 e. The molecule has 3 atom stereocenters. The predicted octanol–water partition coefficient (Wildman–Crippen LogP) is 3.62. The molecule has 1 heterocycles. The minimum Gasteiger partial charge on any atom is -0.465 e. The summed E-state index contributed by atoms with van der Waals surface area (Å²) in [5.41, 5.74) is 5.77. The third-order valence-electron chi connectivity index (χ3n) is 4.44. The number of halogens is 1. The second-order valence-corrected chi connectivity index (χ2v) is 6.33. The van der Waals surface area contributed by atoms with Crippen molar-refractivity contribution in [1.29, 1.82) is 0 Å². The highest BCUT2D eigenvalue weighted by molar-refractivity contribution is 9.10. The van der Waals surface area contributed by atoms with Gasteiger partial charge in [0.25, 0.3) is 0 Å². The molecule has 3 nitrogen and oxygen atoms in total. The van der Waals surface area contributed by atoms with Crippen LogP contribution in [0.2, 0.25) is 0 Å². The van der Waals surface area contributed by atoms with Crippen molar-refractivity contribution in [3.05, 3.63) is 22.6 Å². The summed E-state index contributed by atoms with van der Waals surface area (Å²) in [7, 11) is 0. The smallest absolute Gasteiger partial charge is 0.147 e. The Labute approximate surface area is 117 Å². The Bertz CT molecular complexity index is 393. The van der Waals surface area contributed by atoms with Gasteiger partial charge in [0.15, 0.2) is 0 Å². The van der Waals surface area contributed by atoms with Crippen LogP contribution in [0.5, 0.6) is 0 Å². The van der Waals surface area contributed by atoms with E-state index >= 15 is 0 Å². The lowest BCUT2D eigenvalue weighted by molar-refractivity contribution is -0.0289. The van der Waals surface area contributed by atoms with Gasteiger partial charge in [-0.3, -0.25) is 0 Å². The summed E-state index contributed by atoms with van der Waals surface area (Å²) in [5, 5.41) is 10.7. The second-order valence-electron chi connectivity index (χ2n) is 5.47. The zero-order valence-corrected chi connectivity index (χ0v) is 12.4. The van der Waals surface area contributed by atoms with Crippen molar-refractivity contribution in [2.45, 2.75) is 45.1 Å². The van der Waals surface area contributed by atoms with Gasteiger partial charge in [-0.05, 0) is 40.8 Å². The molecule has 3 N–H and O–H groups in total. The fourth-order valence-electron chi connectivity index (χ4n) is 3.19. The first-order valence-corrected chi connectivity index (χ1v) is 7.53. The van der Waals surface area contributed by atoms with E-state index in [4.69, 9.17) is 10.2 Å². The Balaban J connectivity index is 2.24. The first-order valence-electron chi connectivity index (χ1n) is 6.74. The Kier molecular flexibility index (Phi) is 4.51. The van der Waals surface area contributed by atoms with E-state index in [0.29, 0.717) is 18.2 Å². The summed E-state index contributed by atoms with van der Waals surface area (Å²) >= 11 is 3.42. The molecule has 0 bridgehead atoms. The molecule has 1 aromatic rings. The molecule has 0 aliphatic heterocycles. The van der Waals surface area contributed by atoms with Crippen molar-refractivity contribution in [1.82, 2.24) is 0 Å². The van der Waals surface area contributed by atoms with Gasteiger partial charge in [0.05, 0.1) is 10.7 Å². The highest BCUT2D eigenvalue weighted by Crippen LogP contribution is 2.49. The van der Waals surface area contributed by atoms with Crippen LogP contribution in [0.25, 0.3) is 0 Å². The number of nitrogens with two attached hydrogens (primary N) is 1. The van der Waals surface area contributed by atoms with E-state index in [9.17, 15) is 5.11 Å². The van der Waals surface area contributed by atoms with Gasteiger partial charge in [-0.1, -0.05) is 26.2 Å². The van der Waals surface area contributed by atoms with Crippen LogP contribution in [0.4, 0.5) is 0 Å². The zero-order chi connectivity index (χ0) is 13.2. The molecule has 0 saturated heterocycles. The summed E-state index contributed by atoms with van der Waals surface area (Å²) in [5.74, 6) is 1.29. The summed E-state index contributed by atoms with van der Waals surface area (Å²) in [6.07, 6.45) is 6.53. The monoisotopic (exact) mass is 315 g/mol. The highest BCUT2D eigenvalue weighted by Gasteiger charge is 2.43. The lowest BCUT2D eigenvalue weighted by Gasteiger charge is -2.42. The highest BCUT2D eigenvalue weighted by atomic mass is 79.9. The molecule has 3 unspecified atom stereocenters. The van der Waals surface area contributed by atoms with Crippen molar-refractivity contribution in [3.63, 3.8) is 0 Å². The van der Waals surface area contributed by atoms with Gasteiger partial charge >= 0.3 is 0 Å². The van der Waals surface area contributed by atoms with Gasteiger partial charge in [-0.25, -0.2) is 0 Å². The molecule has 0 aromatic carbocycles. The number of furan rings is 1. The van der Waals surface area contributed by atoms with Crippen molar-refractivity contribution in [3.8, 4) is 0 Å². The molecule has 1 aromatic heterocycles. The molecule has 0 amide bonds. The van der Waals surface area contributed by atoms with Crippen molar-refractivity contribution >= 4 is 15.9 Å². The van der Waals surface area contributed by atoms with Crippen LogP contribution in [0, 0.1) is 11.3 Å². The third kappa shape index (κ3) is 2.51. The van der Waals surface area contributed by atoms with Crippen molar-refractivity contribution < 1.29 is 9.52 Å². The maximum absolute atomic E-state index is 10.7. The lowest BCUT2D eigenvalue weighted by atomic mass is 9.65. The molecule has 1 aliphatic carbocycles. The SMILES string of the molecule is CCC1CCCC(CN)(C(O)c2occc2Br)C1. The van der Waals surface area contributed by atoms with E-state index in [1.165, 1.54) is 6.42 Å². The Hall–Kier alpha value is -0.320. The first-order chi connectivity index (χ1) is 8.63. The van der Waals surface area contributed by atoms with Gasteiger partial charge in [-0.2, -0.15) is 0 Å². The van der Waals surface area contributed by atoms with Crippen LogP contribution in [0.3, 0.4) is 0 Å². The zero-order valence-electron chi connectivity index (χ0n) is 10.9. The summed E-state index contributed by atoms with van der Waals surface area (Å²) in [6.45, 7) is 2.73. The van der Waals surface area contributed by atoms with Crippen LogP contribution >= 0.6 is 15.9 Å².